The van der Waals surface area contributed by atoms with Gasteiger partial charge >= 0.3 is 6.03 Å². The summed E-state index contributed by atoms with van der Waals surface area (Å²) < 4.78 is 0. The number of aldehydes is 1. The van der Waals surface area contributed by atoms with E-state index in [-0.39, 0.29) is 5.57 Å². The van der Waals surface area contributed by atoms with Gasteiger partial charge in [-0.3, -0.25) is 14.9 Å². The SMILES string of the molecule is CN(CCC1=CCCCC1)C(=O)NC(=O)C(C=O)=Cc1cnc(-c2ccccc2)nc1. The van der Waals surface area contributed by atoms with Crippen LogP contribution in [0.5, 0.6) is 0 Å². The minimum absolute atomic E-state index is 0.173. The second-order valence-corrected chi connectivity index (χ2v) is 7.46. The van der Waals surface area contributed by atoms with E-state index in [0.29, 0.717) is 24.2 Å². The van der Waals surface area contributed by atoms with E-state index >= 15 is 0 Å². The Balaban J connectivity index is 1.58. The number of hydrogen-bond donors (Lipinski definition) is 1. The van der Waals surface area contributed by atoms with Gasteiger partial charge in [-0.1, -0.05) is 42.0 Å². The Morgan fingerprint density at radius 2 is 1.87 bits per heavy atom. The van der Waals surface area contributed by atoms with Crippen molar-refractivity contribution in [2.24, 2.45) is 0 Å². The molecule has 0 saturated carbocycles. The van der Waals surface area contributed by atoms with Gasteiger partial charge in [-0.05, 0) is 38.2 Å². The summed E-state index contributed by atoms with van der Waals surface area (Å²) in [6.45, 7) is 0.514. The van der Waals surface area contributed by atoms with E-state index in [1.165, 1.54) is 41.8 Å². The lowest BCUT2D eigenvalue weighted by atomic mass is 9.97. The monoisotopic (exact) mass is 418 g/mol. The first kappa shape index (κ1) is 22.1. The molecule has 1 aromatic heterocycles. The molecule has 0 aliphatic heterocycles. The summed E-state index contributed by atoms with van der Waals surface area (Å²) in [5.74, 6) is -0.212. The molecular weight excluding hydrogens is 392 g/mol. The van der Waals surface area contributed by atoms with E-state index in [0.717, 1.165) is 24.8 Å². The number of nitrogens with zero attached hydrogens (tertiary/aromatic N) is 3. The van der Waals surface area contributed by atoms with Crippen LogP contribution in [-0.2, 0) is 9.59 Å². The molecule has 0 unspecified atom stereocenters. The molecule has 7 nitrogen and oxygen atoms in total. The zero-order chi connectivity index (χ0) is 22.1. The summed E-state index contributed by atoms with van der Waals surface area (Å²) in [5.41, 5.74) is 2.53. The number of benzene rings is 1. The fraction of sp³-hybridized carbons (Fsp3) is 0.292. The van der Waals surface area contributed by atoms with Crippen LogP contribution in [0.1, 0.15) is 37.7 Å². The van der Waals surface area contributed by atoms with Gasteiger partial charge < -0.3 is 4.90 Å². The van der Waals surface area contributed by atoms with E-state index in [1.54, 1.807) is 7.05 Å². The molecule has 0 atom stereocenters. The van der Waals surface area contributed by atoms with Crippen LogP contribution in [0.25, 0.3) is 17.5 Å². The van der Waals surface area contributed by atoms with Crippen LogP contribution in [-0.4, -0.2) is 46.7 Å². The maximum Gasteiger partial charge on any atom is 0.324 e. The minimum Gasteiger partial charge on any atom is -0.327 e. The number of carbonyl (C=O) groups excluding carboxylic acids is 3. The molecule has 2 aromatic rings. The van der Waals surface area contributed by atoms with Gasteiger partial charge in [-0.2, -0.15) is 0 Å². The summed E-state index contributed by atoms with van der Waals surface area (Å²) in [6.07, 6.45) is 12.4. The van der Waals surface area contributed by atoms with Crippen LogP contribution in [0, 0.1) is 0 Å². The number of urea groups is 1. The van der Waals surface area contributed by atoms with Gasteiger partial charge in [0.05, 0.1) is 5.57 Å². The van der Waals surface area contributed by atoms with Crippen molar-refractivity contribution >= 4 is 24.3 Å². The minimum atomic E-state index is -0.754. The Bertz CT molecular complexity index is 982. The van der Waals surface area contributed by atoms with Crippen molar-refractivity contribution < 1.29 is 14.4 Å². The van der Waals surface area contributed by atoms with Crippen LogP contribution in [0.4, 0.5) is 4.79 Å². The van der Waals surface area contributed by atoms with Gasteiger partial charge in [-0.25, -0.2) is 14.8 Å². The van der Waals surface area contributed by atoms with E-state index in [2.05, 4.69) is 21.4 Å². The lowest BCUT2D eigenvalue weighted by molar-refractivity contribution is -0.118. The lowest BCUT2D eigenvalue weighted by Crippen LogP contribution is -2.42. The van der Waals surface area contributed by atoms with E-state index in [1.807, 2.05) is 30.3 Å². The van der Waals surface area contributed by atoms with E-state index < -0.39 is 11.9 Å². The average Bonchev–Trinajstić information content (AvgIpc) is 2.82. The van der Waals surface area contributed by atoms with Gasteiger partial charge in [-0.15, -0.1) is 0 Å². The number of aromatic nitrogens is 2. The third-order valence-corrected chi connectivity index (χ3v) is 5.14. The molecule has 1 N–H and O–H groups in total. The molecule has 3 amide bonds. The Morgan fingerprint density at radius 3 is 2.52 bits per heavy atom. The van der Waals surface area contributed by atoms with Crippen molar-refractivity contribution in [2.45, 2.75) is 32.1 Å². The Kier molecular flexibility index (Phi) is 7.81. The molecule has 0 spiro atoms. The third kappa shape index (κ3) is 6.44. The van der Waals surface area contributed by atoms with Gasteiger partial charge in [0, 0.05) is 37.1 Å². The average molecular weight is 418 g/mol. The third-order valence-electron chi connectivity index (χ3n) is 5.14. The van der Waals surface area contributed by atoms with Crippen molar-refractivity contribution in [3.05, 3.63) is 65.5 Å². The highest BCUT2D eigenvalue weighted by Gasteiger charge is 2.16. The molecule has 1 heterocycles. The molecule has 7 heteroatoms. The number of rotatable bonds is 7. The zero-order valence-electron chi connectivity index (χ0n) is 17.6. The molecule has 0 radical (unpaired) electrons. The van der Waals surface area contributed by atoms with Crippen LogP contribution in [0.3, 0.4) is 0 Å². The predicted octanol–water partition coefficient (Wildman–Crippen LogP) is 3.78. The smallest absolute Gasteiger partial charge is 0.324 e. The normalized spacial score (nSPS) is 13.8. The fourth-order valence-electron chi connectivity index (χ4n) is 3.29. The van der Waals surface area contributed by atoms with E-state index in [4.69, 9.17) is 0 Å². The van der Waals surface area contributed by atoms with Crippen LogP contribution >= 0.6 is 0 Å². The maximum absolute atomic E-state index is 12.4. The van der Waals surface area contributed by atoms with Crippen molar-refractivity contribution in [1.82, 2.24) is 20.2 Å². The number of carbonyl (C=O) groups is 3. The van der Waals surface area contributed by atoms with Crippen molar-refractivity contribution in [3.63, 3.8) is 0 Å². The first-order chi connectivity index (χ1) is 15.1. The molecule has 0 saturated heterocycles. The van der Waals surface area contributed by atoms with Gasteiger partial charge in [0.2, 0.25) is 0 Å². The first-order valence-electron chi connectivity index (χ1n) is 10.4. The molecule has 160 valence electrons. The van der Waals surface area contributed by atoms with Gasteiger partial charge in [0.1, 0.15) is 0 Å². The summed E-state index contributed by atoms with van der Waals surface area (Å²) in [4.78, 5) is 46.1. The Labute approximate surface area is 181 Å². The molecule has 1 aliphatic rings. The van der Waals surface area contributed by atoms with E-state index in [9.17, 15) is 14.4 Å². The lowest BCUT2D eigenvalue weighted by Gasteiger charge is -2.19. The molecule has 0 bridgehead atoms. The number of imide groups is 1. The highest BCUT2D eigenvalue weighted by Crippen LogP contribution is 2.20. The standard InChI is InChI=1S/C24H26N4O3/c1-28(13-12-18-8-4-2-5-9-18)24(31)27-23(30)21(17-29)14-19-15-25-22(26-16-19)20-10-6-3-7-11-20/h3,6-8,10-11,14-17H,2,4-5,9,12-13H2,1H3,(H,27,30,31). The van der Waals surface area contributed by atoms with Gasteiger partial charge in [0.25, 0.3) is 5.91 Å². The zero-order valence-corrected chi connectivity index (χ0v) is 17.6. The molecule has 1 aliphatic carbocycles. The summed E-state index contributed by atoms with van der Waals surface area (Å²) in [5, 5.41) is 2.26. The molecule has 31 heavy (non-hydrogen) atoms. The van der Waals surface area contributed by atoms with Crippen molar-refractivity contribution in [1.29, 1.82) is 0 Å². The predicted molar refractivity (Wildman–Crippen MR) is 119 cm³/mol. The van der Waals surface area contributed by atoms with Crippen LogP contribution in [0.15, 0.2) is 59.9 Å². The van der Waals surface area contributed by atoms with Gasteiger partial charge in [0.15, 0.2) is 12.1 Å². The molecule has 0 fully saturated rings. The number of hydrogen-bond acceptors (Lipinski definition) is 5. The quantitative estimate of drug-likeness (QED) is 0.243. The molecule has 1 aromatic carbocycles. The summed E-state index contributed by atoms with van der Waals surface area (Å²) >= 11 is 0. The number of allylic oxidation sites excluding steroid dienone is 1. The number of amides is 3. The molecule has 3 rings (SSSR count). The Hall–Kier alpha value is -3.61. The number of nitrogens with one attached hydrogen (secondary N) is 1. The highest BCUT2D eigenvalue weighted by atomic mass is 16.2. The van der Waals surface area contributed by atoms with Crippen molar-refractivity contribution in [3.8, 4) is 11.4 Å². The molecular formula is C24H26N4O3. The Morgan fingerprint density at radius 1 is 1.13 bits per heavy atom. The highest BCUT2D eigenvalue weighted by molar-refractivity contribution is 6.18. The largest absolute Gasteiger partial charge is 0.327 e. The topological polar surface area (TPSA) is 92.3 Å². The fourth-order valence-corrected chi connectivity index (χ4v) is 3.29. The van der Waals surface area contributed by atoms with Crippen LogP contribution < -0.4 is 5.32 Å². The second-order valence-electron chi connectivity index (χ2n) is 7.46. The van der Waals surface area contributed by atoms with Crippen molar-refractivity contribution in [2.75, 3.05) is 13.6 Å². The summed E-state index contributed by atoms with van der Waals surface area (Å²) in [7, 11) is 1.63. The maximum atomic E-state index is 12.4. The first-order valence-corrected chi connectivity index (χ1v) is 10.4. The second kappa shape index (κ2) is 11.0. The summed E-state index contributed by atoms with van der Waals surface area (Å²) in [6, 6.07) is 8.93. The van der Waals surface area contributed by atoms with Crippen LogP contribution in [0.2, 0.25) is 0 Å².